The highest BCUT2D eigenvalue weighted by atomic mass is 32.2. The third-order valence-corrected chi connectivity index (χ3v) is 5.38. The minimum absolute atomic E-state index is 0.0198. The molecule has 10 nitrogen and oxygen atoms in total. The second-order valence-electron chi connectivity index (χ2n) is 6.19. The van der Waals surface area contributed by atoms with E-state index in [1.54, 1.807) is 0 Å². The molecule has 0 spiro atoms. The minimum Gasteiger partial charge on any atom is -0.464 e. The van der Waals surface area contributed by atoms with Gasteiger partial charge in [-0.2, -0.15) is 0 Å². The SMILES string of the molecule is CCOCCCNC(=O)c1ccc(S(=O)(=O)NC(=O)c2ccc(C(=O)OC)nc2)cc1. The van der Waals surface area contributed by atoms with Crippen LogP contribution in [-0.2, 0) is 19.5 Å². The number of ether oxygens (including phenoxy) is 2. The summed E-state index contributed by atoms with van der Waals surface area (Å²) in [6, 6.07) is 7.65. The first kappa shape index (κ1) is 24.0. The number of aromatic nitrogens is 1. The average molecular weight is 449 g/mol. The Hall–Kier alpha value is -3.31. The van der Waals surface area contributed by atoms with Crippen LogP contribution in [-0.4, -0.2) is 58.1 Å². The van der Waals surface area contributed by atoms with Gasteiger partial charge in [0.2, 0.25) is 0 Å². The molecule has 2 aromatic rings. The van der Waals surface area contributed by atoms with Crippen LogP contribution in [0.3, 0.4) is 0 Å². The van der Waals surface area contributed by atoms with Crippen LogP contribution in [0.5, 0.6) is 0 Å². The van der Waals surface area contributed by atoms with Crippen LogP contribution < -0.4 is 10.0 Å². The molecule has 31 heavy (non-hydrogen) atoms. The predicted molar refractivity (Wildman–Crippen MR) is 110 cm³/mol. The Kier molecular flexibility index (Phi) is 8.64. The molecule has 166 valence electrons. The molecule has 2 N–H and O–H groups in total. The van der Waals surface area contributed by atoms with E-state index in [9.17, 15) is 22.8 Å². The van der Waals surface area contributed by atoms with Gasteiger partial charge in [-0.3, -0.25) is 9.59 Å². The van der Waals surface area contributed by atoms with E-state index in [0.29, 0.717) is 26.2 Å². The number of hydrogen-bond acceptors (Lipinski definition) is 8. The van der Waals surface area contributed by atoms with Crippen molar-refractivity contribution >= 4 is 27.8 Å². The Morgan fingerprint density at radius 2 is 1.68 bits per heavy atom. The topological polar surface area (TPSA) is 141 Å². The van der Waals surface area contributed by atoms with E-state index in [4.69, 9.17) is 4.74 Å². The third kappa shape index (κ3) is 6.86. The second-order valence-corrected chi connectivity index (χ2v) is 7.87. The highest BCUT2D eigenvalue weighted by molar-refractivity contribution is 7.90. The maximum Gasteiger partial charge on any atom is 0.356 e. The quantitative estimate of drug-likeness (QED) is 0.406. The number of carbonyl (C=O) groups is 3. The molecule has 1 aromatic carbocycles. The third-order valence-electron chi connectivity index (χ3n) is 4.03. The summed E-state index contributed by atoms with van der Waals surface area (Å²) in [4.78, 5) is 39.3. The van der Waals surface area contributed by atoms with E-state index in [0.717, 1.165) is 6.20 Å². The van der Waals surface area contributed by atoms with Crippen molar-refractivity contribution in [2.45, 2.75) is 18.2 Å². The zero-order chi connectivity index (χ0) is 22.9. The summed E-state index contributed by atoms with van der Waals surface area (Å²) in [5.74, 6) is -1.95. The number of carbonyl (C=O) groups excluding carboxylic acids is 3. The monoisotopic (exact) mass is 449 g/mol. The summed E-state index contributed by atoms with van der Waals surface area (Å²) in [6.45, 7) is 3.45. The predicted octanol–water partition coefficient (Wildman–Crippen LogP) is 1.14. The Morgan fingerprint density at radius 3 is 2.26 bits per heavy atom. The molecule has 11 heteroatoms. The lowest BCUT2D eigenvalue weighted by Gasteiger charge is -2.09. The average Bonchev–Trinajstić information content (AvgIpc) is 2.78. The molecule has 0 fully saturated rings. The Bertz CT molecular complexity index is 1020. The molecular formula is C20H23N3O7S. The van der Waals surface area contributed by atoms with E-state index in [-0.39, 0.29) is 27.6 Å². The van der Waals surface area contributed by atoms with E-state index in [1.165, 1.54) is 43.5 Å². The smallest absolute Gasteiger partial charge is 0.356 e. The van der Waals surface area contributed by atoms with Gasteiger partial charge in [0.05, 0.1) is 17.6 Å². The van der Waals surface area contributed by atoms with E-state index in [2.05, 4.69) is 15.0 Å². The summed E-state index contributed by atoms with van der Waals surface area (Å²) in [7, 11) is -2.99. The van der Waals surface area contributed by atoms with E-state index < -0.39 is 21.9 Å². The molecule has 0 aliphatic rings. The molecule has 0 unspecified atom stereocenters. The molecule has 1 aromatic heterocycles. The summed E-state index contributed by atoms with van der Waals surface area (Å²) < 4.78 is 36.5. The normalized spacial score (nSPS) is 10.9. The molecule has 1 heterocycles. The highest BCUT2D eigenvalue weighted by Gasteiger charge is 2.20. The van der Waals surface area contributed by atoms with Gasteiger partial charge in [-0.15, -0.1) is 0 Å². The van der Waals surface area contributed by atoms with Crippen LogP contribution >= 0.6 is 0 Å². The minimum atomic E-state index is -4.18. The number of pyridine rings is 1. The number of methoxy groups -OCH3 is 1. The fourth-order valence-corrected chi connectivity index (χ4v) is 3.38. The van der Waals surface area contributed by atoms with Crippen molar-refractivity contribution in [1.82, 2.24) is 15.0 Å². The number of sulfonamides is 1. The number of benzene rings is 1. The van der Waals surface area contributed by atoms with Crippen molar-refractivity contribution in [3.63, 3.8) is 0 Å². The number of nitrogens with zero attached hydrogens (tertiary/aromatic N) is 1. The fourth-order valence-electron chi connectivity index (χ4n) is 2.40. The summed E-state index contributed by atoms with van der Waals surface area (Å²) in [5.41, 5.74) is 0.206. The standard InChI is InChI=1S/C20H23N3O7S/c1-3-30-12-4-11-21-18(24)14-5-8-16(9-6-14)31(27,28)23-19(25)15-7-10-17(22-13-15)20(26)29-2/h5-10,13H,3-4,11-12H2,1-2H3,(H,21,24)(H,23,25). The van der Waals surface area contributed by atoms with Gasteiger partial charge in [0.25, 0.3) is 21.8 Å². The zero-order valence-electron chi connectivity index (χ0n) is 17.1. The summed E-state index contributed by atoms with van der Waals surface area (Å²) >= 11 is 0. The summed E-state index contributed by atoms with van der Waals surface area (Å²) in [5, 5.41) is 2.71. The molecule has 0 aliphatic carbocycles. The number of rotatable bonds is 10. The van der Waals surface area contributed by atoms with Crippen LogP contribution in [0.25, 0.3) is 0 Å². The van der Waals surface area contributed by atoms with Crippen LogP contribution in [0.2, 0.25) is 0 Å². The Morgan fingerprint density at radius 1 is 1.00 bits per heavy atom. The first-order valence-electron chi connectivity index (χ1n) is 9.36. The van der Waals surface area contributed by atoms with Gasteiger partial charge in [-0.1, -0.05) is 0 Å². The lowest BCUT2D eigenvalue weighted by atomic mass is 10.2. The van der Waals surface area contributed by atoms with Gasteiger partial charge in [0.1, 0.15) is 5.69 Å². The molecular weight excluding hydrogens is 426 g/mol. The maximum absolute atomic E-state index is 12.5. The number of amides is 2. The number of hydrogen-bond donors (Lipinski definition) is 2. The van der Waals surface area contributed by atoms with Crippen LogP contribution in [0.4, 0.5) is 0 Å². The van der Waals surface area contributed by atoms with Crippen molar-refractivity contribution in [1.29, 1.82) is 0 Å². The molecule has 2 rings (SSSR count). The zero-order valence-corrected chi connectivity index (χ0v) is 17.9. The number of nitrogens with one attached hydrogen (secondary N) is 2. The first-order chi connectivity index (χ1) is 14.8. The van der Waals surface area contributed by atoms with Crippen LogP contribution in [0.1, 0.15) is 44.5 Å². The molecule has 0 bridgehead atoms. The van der Waals surface area contributed by atoms with Crippen molar-refractivity contribution < 1.29 is 32.3 Å². The maximum atomic E-state index is 12.5. The summed E-state index contributed by atoms with van der Waals surface area (Å²) in [6.07, 6.45) is 1.73. The van der Waals surface area contributed by atoms with Crippen LogP contribution in [0, 0.1) is 0 Å². The lowest BCUT2D eigenvalue weighted by Crippen LogP contribution is -2.31. The van der Waals surface area contributed by atoms with Crippen molar-refractivity contribution in [3.8, 4) is 0 Å². The van der Waals surface area contributed by atoms with Gasteiger partial charge in [-0.25, -0.2) is 22.9 Å². The van der Waals surface area contributed by atoms with Crippen molar-refractivity contribution in [2.24, 2.45) is 0 Å². The molecule has 0 saturated carbocycles. The molecule has 0 radical (unpaired) electrons. The van der Waals surface area contributed by atoms with Crippen LogP contribution in [0.15, 0.2) is 47.5 Å². The molecule has 0 atom stereocenters. The van der Waals surface area contributed by atoms with E-state index in [1.807, 2.05) is 11.6 Å². The highest BCUT2D eigenvalue weighted by Crippen LogP contribution is 2.12. The fraction of sp³-hybridized carbons (Fsp3) is 0.300. The van der Waals surface area contributed by atoms with Crippen molar-refractivity contribution in [3.05, 3.63) is 59.4 Å². The van der Waals surface area contributed by atoms with Crippen molar-refractivity contribution in [2.75, 3.05) is 26.9 Å². The van der Waals surface area contributed by atoms with Gasteiger partial charge in [0, 0.05) is 31.5 Å². The lowest BCUT2D eigenvalue weighted by molar-refractivity contribution is 0.0593. The largest absolute Gasteiger partial charge is 0.464 e. The Balaban J connectivity index is 1.99. The van der Waals surface area contributed by atoms with Gasteiger partial charge >= 0.3 is 5.97 Å². The Labute approximate surface area is 180 Å². The molecule has 0 saturated heterocycles. The van der Waals surface area contributed by atoms with Gasteiger partial charge in [0.15, 0.2) is 0 Å². The second kappa shape index (κ2) is 11.2. The van der Waals surface area contributed by atoms with E-state index >= 15 is 0 Å². The first-order valence-corrected chi connectivity index (χ1v) is 10.8. The molecule has 2 amide bonds. The van der Waals surface area contributed by atoms with Gasteiger partial charge < -0.3 is 14.8 Å². The number of esters is 1. The molecule has 0 aliphatic heterocycles. The van der Waals surface area contributed by atoms with Gasteiger partial charge in [-0.05, 0) is 49.7 Å².